The van der Waals surface area contributed by atoms with E-state index in [1.54, 1.807) is 31.2 Å². The zero-order valence-corrected chi connectivity index (χ0v) is 42.1. The van der Waals surface area contributed by atoms with Crippen LogP contribution in [0, 0.1) is 6.92 Å². The van der Waals surface area contributed by atoms with E-state index in [1.165, 1.54) is 23.9 Å². The summed E-state index contributed by atoms with van der Waals surface area (Å²) < 4.78 is 101. The highest BCUT2D eigenvalue weighted by Crippen LogP contribution is 2.41. The summed E-state index contributed by atoms with van der Waals surface area (Å²) in [6, 6.07) is 33.1. The molecule has 5 aromatic carbocycles. The zero-order chi connectivity index (χ0) is 50.7. The van der Waals surface area contributed by atoms with Gasteiger partial charge in [-0.1, -0.05) is 54.1 Å². The van der Waals surface area contributed by atoms with Crippen LogP contribution in [0.1, 0.15) is 35.3 Å². The van der Waals surface area contributed by atoms with Gasteiger partial charge in [0.2, 0.25) is 0 Å². The third-order valence-corrected chi connectivity index (χ3v) is 17.4. The van der Waals surface area contributed by atoms with Gasteiger partial charge >= 0.3 is 11.5 Å². The van der Waals surface area contributed by atoms with Crippen LogP contribution < -0.4 is 19.8 Å². The van der Waals surface area contributed by atoms with Gasteiger partial charge in [0.05, 0.1) is 27.9 Å². The van der Waals surface area contributed by atoms with E-state index in [0.717, 1.165) is 45.2 Å². The normalized spacial score (nSPS) is 15.7. The first-order valence-electron chi connectivity index (χ1n) is 23.0. The molecule has 8 rings (SSSR count). The molecular weight excluding hydrogens is 997 g/mol. The minimum Gasteiger partial charge on any atom is -0.478 e. The number of anilines is 4. The number of rotatable bonds is 17. The molecule has 3 heterocycles. The fourth-order valence-corrected chi connectivity index (χ4v) is 12.3. The van der Waals surface area contributed by atoms with Crippen LogP contribution >= 0.6 is 23.4 Å². The van der Waals surface area contributed by atoms with Crippen molar-refractivity contribution in [3.63, 3.8) is 0 Å². The average molecular weight is 1050 g/mol. The SMILES string of the molecule is Cc1c(C(=O)O)c(-c2cccc(N3CCN(c4ccc(NS(=O)(=O)c5ccc(NC(CCN6CCC(O)CC6)CSc6ccccc6)c(S(=O)(=O)C(F)(F)F)c5)cc4)CC3)c2)c(-c2ccc(Cl)cc2)n1C. The third kappa shape index (κ3) is 11.8. The van der Waals surface area contributed by atoms with Gasteiger partial charge in [-0.3, -0.25) is 4.72 Å². The number of aromatic nitrogens is 1. The smallest absolute Gasteiger partial charge is 0.478 e. The number of sulfone groups is 1. The molecule has 20 heteroatoms. The molecule has 2 aliphatic heterocycles. The molecule has 71 heavy (non-hydrogen) atoms. The quantitative estimate of drug-likeness (QED) is 0.0641. The Morgan fingerprint density at radius 2 is 1.45 bits per heavy atom. The Morgan fingerprint density at radius 3 is 2.08 bits per heavy atom. The number of carbonyl (C=O) groups is 1. The molecule has 0 radical (unpaired) electrons. The number of aromatic carboxylic acids is 1. The Bertz CT molecular complexity index is 3070. The van der Waals surface area contributed by atoms with Crippen molar-refractivity contribution in [3.05, 3.63) is 138 Å². The van der Waals surface area contributed by atoms with Gasteiger partial charge in [-0.15, -0.1) is 11.8 Å². The maximum Gasteiger partial charge on any atom is 0.501 e. The van der Waals surface area contributed by atoms with Crippen molar-refractivity contribution in [3.8, 4) is 22.4 Å². The monoisotopic (exact) mass is 1050 g/mol. The zero-order valence-electron chi connectivity index (χ0n) is 38.9. The molecule has 4 N–H and O–H groups in total. The molecule has 0 spiro atoms. The highest BCUT2D eigenvalue weighted by molar-refractivity contribution is 7.99. The van der Waals surface area contributed by atoms with Crippen LogP contribution in [0.2, 0.25) is 5.02 Å². The number of benzene rings is 5. The molecule has 6 aromatic rings. The highest BCUT2D eigenvalue weighted by atomic mass is 35.5. The van der Waals surface area contributed by atoms with E-state index in [0.29, 0.717) is 93.2 Å². The lowest BCUT2D eigenvalue weighted by Gasteiger charge is -2.37. The molecule has 2 saturated heterocycles. The van der Waals surface area contributed by atoms with E-state index in [9.17, 15) is 45.0 Å². The van der Waals surface area contributed by atoms with E-state index in [4.69, 9.17) is 11.6 Å². The number of alkyl halides is 3. The number of carboxylic acids is 1. The lowest BCUT2D eigenvalue weighted by Crippen LogP contribution is -2.46. The predicted octanol–water partition coefficient (Wildman–Crippen LogP) is 9.86. The molecule has 1 aromatic heterocycles. The van der Waals surface area contributed by atoms with E-state index >= 15 is 0 Å². The Labute approximate surface area is 421 Å². The largest absolute Gasteiger partial charge is 0.501 e. The summed E-state index contributed by atoms with van der Waals surface area (Å²) >= 11 is 7.64. The van der Waals surface area contributed by atoms with Crippen LogP contribution in [0.4, 0.5) is 35.9 Å². The first-order valence-corrected chi connectivity index (χ1v) is 27.3. The van der Waals surface area contributed by atoms with Crippen LogP contribution in [0.25, 0.3) is 22.4 Å². The lowest BCUT2D eigenvalue weighted by molar-refractivity contribution is -0.0436. The minimum absolute atomic E-state index is 0.115. The van der Waals surface area contributed by atoms with E-state index in [-0.39, 0.29) is 23.0 Å². The number of hydrogen-bond acceptors (Lipinski definition) is 11. The van der Waals surface area contributed by atoms with Gasteiger partial charge in [0, 0.05) is 103 Å². The second kappa shape index (κ2) is 21.6. The van der Waals surface area contributed by atoms with E-state index in [2.05, 4.69) is 24.7 Å². The molecule has 0 aliphatic carbocycles. The minimum atomic E-state index is -6.03. The standard InChI is InChI=1S/C51H54ClF3N6O7S3/c1-34-47(50(63)64)48(49(58(34)2)35-11-13-37(52)14-12-35)36-7-6-8-41(31-36)61-29-27-60(28-30-61)40-17-15-38(16-18-40)57-71(67,68)44-19-20-45(46(32-44)70(65,66)51(53,54)55)56-39(33-69-43-9-4-3-5-10-43)21-24-59-25-22-42(62)23-26-59/h3-20,31-32,39,42,56-57,62H,21-30,33H2,1-2H3,(H,63,64). The van der Waals surface area contributed by atoms with Crippen molar-refractivity contribution in [1.29, 1.82) is 0 Å². The molecule has 0 bridgehead atoms. The number of nitrogens with one attached hydrogen (secondary N) is 2. The number of piperidine rings is 1. The fourth-order valence-electron chi connectivity index (χ4n) is 9.07. The first kappa shape index (κ1) is 51.6. The maximum absolute atomic E-state index is 14.3. The number of piperazine rings is 1. The van der Waals surface area contributed by atoms with Crippen molar-refractivity contribution in [2.24, 2.45) is 7.05 Å². The van der Waals surface area contributed by atoms with Crippen molar-refractivity contribution < 1.29 is 45.0 Å². The number of hydrogen-bond donors (Lipinski definition) is 4. The summed E-state index contributed by atoms with van der Waals surface area (Å²) in [5.74, 6) is -0.661. The number of likely N-dealkylation sites (tertiary alicyclic amines) is 1. The molecule has 376 valence electrons. The summed E-state index contributed by atoms with van der Waals surface area (Å²) in [5, 5.41) is 23.9. The molecule has 1 unspecified atom stereocenters. The van der Waals surface area contributed by atoms with Crippen molar-refractivity contribution in [1.82, 2.24) is 9.47 Å². The molecule has 2 fully saturated rings. The number of carboxylic acid groups (broad SMARTS) is 1. The van der Waals surface area contributed by atoms with Crippen LogP contribution in [0.15, 0.2) is 136 Å². The van der Waals surface area contributed by atoms with Crippen molar-refractivity contribution in [2.75, 3.05) is 71.4 Å². The number of halogens is 4. The molecule has 0 saturated carbocycles. The number of thioether (sulfide) groups is 1. The van der Waals surface area contributed by atoms with Gasteiger partial charge in [0.25, 0.3) is 19.9 Å². The average Bonchev–Trinajstić information content (AvgIpc) is 3.62. The van der Waals surface area contributed by atoms with E-state index in [1.807, 2.05) is 78.3 Å². The molecule has 13 nitrogen and oxygen atoms in total. The number of aliphatic hydroxyl groups is 1. The Kier molecular flexibility index (Phi) is 15.7. The van der Waals surface area contributed by atoms with Crippen molar-refractivity contribution >= 4 is 71.9 Å². The summed E-state index contributed by atoms with van der Waals surface area (Å²) in [5.41, 5.74) is -0.475. The first-order chi connectivity index (χ1) is 33.8. The molecule has 1 atom stereocenters. The Balaban J connectivity index is 0.960. The molecular formula is C51H54ClF3N6O7S3. The summed E-state index contributed by atoms with van der Waals surface area (Å²) in [6.07, 6.45) is 1.23. The number of sulfonamides is 1. The van der Waals surface area contributed by atoms with Gasteiger partial charge in [-0.2, -0.15) is 13.2 Å². The lowest BCUT2D eigenvalue weighted by atomic mass is 9.96. The van der Waals surface area contributed by atoms with Crippen LogP contribution in [0.5, 0.6) is 0 Å². The number of aliphatic hydroxyl groups excluding tert-OH is 1. The van der Waals surface area contributed by atoms with E-state index < -0.39 is 47.2 Å². The number of nitrogens with zero attached hydrogens (tertiary/aromatic N) is 4. The van der Waals surface area contributed by atoms with Crippen LogP contribution in [-0.4, -0.2) is 112 Å². The van der Waals surface area contributed by atoms with Crippen molar-refractivity contribution in [2.45, 2.75) is 58.5 Å². The topological polar surface area (TPSA) is 165 Å². The molecule has 2 aliphatic rings. The van der Waals surface area contributed by atoms with Crippen LogP contribution in [-0.2, 0) is 26.9 Å². The summed E-state index contributed by atoms with van der Waals surface area (Å²) in [6.45, 7) is 6.05. The third-order valence-electron chi connectivity index (χ3n) is 13.0. The van der Waals surface area contributed by atoms with Gasteiger partial charge in [-0.05, 0) is 116 Å². The highest BCUT2D eigenvalue weighted by Gasteiger charge is 2.48. The van der Waals surface area contributed by atoms with Gasteiger partial charge in [0.1, 0.15) is 4.90 Å². The van der Waals surface area contributed by atoms with Crippen LogP contribution in [0.3, 0.4) is 0 Å². The van der Waals surface area contributed by atoms with Gasteiger partial charge in [0.15, 0.2) is 0 Å². The molecule has 0 amide bonds. The second-order valence-corrected chi connectivity index (χ2v) is 22.8. The Hall–Kier alpha value is -5.70. The van der Waals surface area contributed by atoms with Gasteiger partial charge < -0.3 is 34.8 Å². The maximum atomic E-state index is 14.3. The summed E-state index contributed by atoms with van der Waals surface area (Å²) in [7, 11) is -8.77. The van der Waals surface area contributed by atoms with Gasteiger partial charge in [-0.25, -0.2) is 21.6 Å². The Morgan fingerprint density at radius 1 is 0.803 bits per heavy atom. The fraction of sp³-hybridized carbons (Fsp3) is 0.314. The summed E-state index contributed by atoms with van der Waals surface area (Å²) in [4.78, 5) is 18.2. The predicted molar refractivity (Wildman–Crippen MR) is 275 cm³/mol. The second-order valence-electron chi connectivity index (χ2n) is 17.7.